The van der Waals surface area contributed by atoms with Gasteiger partial charge < -0.3 is 24.4 Å². The number of carbonyl (C=O) groups excluding carboxylic acids is 1. The molecule has 2 aromatic carbocycles. The van der Waals surface area contributed by atoms with Crippen molar-refractivity contribution in [2.75, 3.05) is 17.8 Å². The number of hydrogen-bond donors (Lipinski definition) is 3. The molecule has 0 unspecified atom stereocenters. The van der Waals surface area contributed by atoms with Crippen molar-refractivity contribution >= 4 is 30.6 Å². The van der Waals surface area contributed by atoms with Gasteiger partial charge in [0, 0.05) is 18.0 Å². The van der Waals surface area contributed by atoms with Gasteiger partial charge >= 0.3 is 14.0 Å². The van der Waals surface area contributed by atoms with Crippen molar-refractivity contribution in [3.63, 3.8) is 0 Å². The highest BCUT2D eigenvalue weighted by Crippen LogP contribution is 2.37. The lowest BCUT2D eigenvalue weighted by Crippen LogP contribution is -2.21. The van der Waals surface area contributed by atoms with E-state index in [2.05, 4.69) is 9.84 Å². The lowest BCUT2D eigenvalue weighted by Gasteiger charge is -2.16. The second kappa shape index (κ2) is 13.2. The predicted molar refractivity (Wildman–Crippen MR) is 134 cm³/mol. The number of anilines is 1. The summed E-state index contributed by atoms with van der Waals surface area (Å²) in [6.07, 6.45) is -0.371. The number of ether oxygens (including phenoxy) is 1. The van der Waals surface area contributed by atoms with E-state index < -0.39 is 60.5 Å². The third-order valence-electron chi connectivity index (χ3n) is 4.53. The van der Waals surface area contributed by atoms with Crippen LogP contribution in [0.1, 0.15) is 21.5 Å². The first-order valence-electron chi connectivity index (χ1n) is 10.6. The Hall–Kier alpha value is -3.20. The summed E-state index contributed by atoms with van der Waals surface area (Å²) in [6, 6.07) is 7.65. The molecule has 0 atom stereocenters. The zero-order chi connectivity index (χ0) is 29.5. The van der Waals surface area contributed by atoms with Crippen LogP contribution < -0.4 is 15.6 Å². The Bertz CT molecular complexity index is 1420. The van der Waals surface area contributed by atoms with E-state index >= 15 is 0 Å². The van der Waals surface area contributed by atoms with Gasteiger partial charge in [0.05, 0.1) is 23.6 Å². The molecule has 0 aliphatic carbocycles. The number of aryl methyl sites for hydroxylation is 1. The minimum absolute atomic E-state index is 0.0208. The smallest absolute Gasteiger partial charge is 0.471 e. The van der Waals surface area contributed by atoms with E-state index in [1.54, 1.807) is 12.5 Å². The number of halogens is 4. The molecule has 1 heterocycles. The average molecular weight is 594 g/mol. The van der Waals surface area contributed by atoms with Gasteiger partial charge in [-0.25, -0.2) is 8.96 Å². The lowest BCUT2D eigenvalue weighted by molar-refractivity contribution is -0.137. The summed E-state index contributed by atoms with van der Waals surface area (Å²) < 4.78 is 84.0. The molecule has 3 rings (SSSR count). The monoisotopic (exact) mass is 594 g/mol. The van der Waals surface area contributed by atoms with Gasteiger partial charge in [-0.05, 0) is 55.0 Å². The van der Waals surface area contributed by atoms with Crippen LogP contribution in [-0.2, 0) is 33.2 Å². The Labute approximate surface area is 222 Å². The van der Waals surface area contributed by atoms with Crippen molar-refractivity contribution in [1.29, 1.82) is 0 Å². The van der Waals surface area contributed by atoms with Crippen LogP contribution in [-0.4, -0.2) is 37.3 Å². The van der Waals surface area contributed by atoms with Crippen molar-refractivity contribution in [1.82, 2.24) is 4.57 Å². The van der Waals surface area contributed by atoms with E-state index in [-0.39, 0.29) is 22.6 Å². The second-order valence-electron chi connectivity index (χ2n) is 7.89. The minimum Gasteiger partial charge on any atom is -0.617 e. The highest BCUT2D eigenvalue weighted by molar-refractivity contribution is 7.89. The number of amides is 1. The zero-order valence-corrected chi connectivity index (χ0v) is 22.3. The van der Waals surface area contributed by atoms with E-state index in [0.29, 0.717) is 12.1 Å². The van der Waals surface area contributed by atoms with Crippen LogP contribution in [0.5, 0.6) is 11.5 Å². The van der Waals surface area contributed by atoms with Crippen molar-refractivity contribution in [2.24, 2.45) is 0 Å². The molecule has 1 amide bonds. The Balaban J connectivity index is 0.00000124. The van der Waals surface area contributed by atoms with Crippen molar-refractivity contribution in [2.45, 2.75) is 19.8 Å². The highest BCUT2D eigenvalue weighted by atomic mass is 32.2. The molecule has 0 saturated carbocycles. The van der Waals surface area contributed by atoms with Crippen LogP contribution in [0.25, 0.3) is 0 Å². The summed E-state index contributed by atoms with van der Waals surface area (Å²) in [7, 11) is -4.83. The number of aromatic nitrogens is 1. The first-order valence-corrected chi connectivity index (χ1v) is 14.1. The maximum atomic E-state index is 13.4. The maximum Gasteiger partial charge on any atom is 0.471 e. The highest BCUT2D eigenvalue weighted by Gasteiger charge is 2.32. The molecule has 212 valence electrons. The molecule has 39 heavy (non-hydrogen) atoms. The summed E-state index contributed by atoms with van der Waals surface area (Å²) in [4.78, 5) is 42.3. The quantitative estimate of drug-likeness (QED) is 0.207. The SMILES string of the molecule is C[S+](C)[O-].Cc1cc(F)ccc1Oc1cc(C(F)(F)F)ccc1C(=O)Nc1ccn(COP(=O)(O)O)c(=O)c1. The summed E-state index contributed by atoms with van der Waals surface area (Å²) in [5.74, 6) is -1.95. The number of hydrogen-bond acceptors (Lipinski definition) is 6. The van der Waals surface area contributed by atoms with E-state index in [4.69, 9.17) is 14.5 Å². The molecular weight excluding hydrogens is 571 g/mol. The Morgan fingerprint density at radius 1 is 1.10 bits per heavy atom. The van der Waals surface area contributed by atoms with Gasteiger partial charge in [0.1, 0.15) is 24.0 Å². The zero-order valence-electron chi connectivity index (χ0n) is 20.6. The van der Waals surface area contributed by atoms with E-state index in [1.165, 1.54) is 19.1 Å². The number of nitrogens with one attached hydrogen (secondary N) is 1. The third kappa shape index (κ3) is 10.5. The molecule has 0 aliphatic rings. The van der Waals surface area contributed by atoms with Crippen LogP contribution in [0.3, 0.4) is 0 Å². The molecule has 3 aromatic rings. The fourth-order valence-corrected chi connectivity index (χ4v) is 3.12. The minimum atomic E-state index is -4.83. The van der Waals surface area contributed by atoms with Crippen molar-refractivity contribution in [3.8, 4) is 11.5 Å². The summed E-state index contributed by atoms with van der Waals surface area (Å²) in [6.45, 7) is 0.711. The number of carbonyl (C=O) groups is 1. The summed E-state index contributed by atoms with van der Waals surface area (Å²) >= 11 is -0.611. The number of pyridine rings is 1. The van der Waals surface area contributed by atoms with Crippen LogP contribution in [0.2, 0.25) is 0 Å². The predicted octanol–water partition coefficient (Wildman–Crippen LogP) is 4.42. The molecule has 0 aliphatic heterocycles. The summed E-state index contributed by atoms with van der Waals surface area (Å²) in [5, 5.41) is 2.34. The maximum absolute atomic E-state index is 13.4. The molecule has 0 fully saturated rings. The van der Waals surface area contributed by atoms with Crippen molar-refractivity contribution < 1.29 is 50.5 Å². The van der Waals surface area contributed by atoms with Crippen LogP contribution in [0.4, 0.5) is 23.2 Å². The molecule has 0 bridgehead atoms. The number of benzene rings is 2. The summed E-state index contributed by atoms with van der Waals surface area (Å²) in [5.41, 5.74) is -1.97. The Morgan fingerprint density at radius 2 is 1.74 bits per heavy atom. The van der Waals surface area contributed by atoms with Crippen LogP contribution in [0.15, 0.2) is 59.5 Å². The van der Waals surface area contributed by atoms with E-state index in [9.17, 15) is 36.3 Å². The number of phosphoric acid groups is 1. The molecule has 0 radical (unpaired) electrons. The Morgan fingerprint density at radius 3 is 2.28 bits per heavy atom. The molecule has 0 saturated heterocycles. The molecule has 0 spiro atoms. The largest absolute Gasteiger partial charge is 0.617 e. The van der Waals surface area contributed by atoms with Gasteiger partial charge in [0.25, 0.3) is 11.5 Å². The standard InChI is InChI=1S/C21H17F4N2O7P.C2H6OS/c1-12-8-14(22)3-5-17(12)34-18-9-13(21(23,24)25)2-4-16(18)20(29)26-15-6-7-27(19(28)10-15)11-33-35(30,31)32;1-4(2)3/h2-10H,11H2,1H3,(H,26,29)(H2,30,31,32);1-2H3. The van der Waals surface area contributed by atoms with Crippen molar-refractivity contribution in [3.05, 3.63) is 87.6 Å². The molecule has 10 nitrogen and oxygen atoms in total. The molecular formula is C23H23F4N2O8PS. The molecule has 1 aromatic heterocycles. The van der Waals surface area contributed by atoms with Gasteiger partial charge in [-0.15, -0.1) is 0 Å². The van der Waals surface area contributed by atoms with Crippen LogP contribution >= 0.6 is 7.82 Å². The van der Waals surface area contributed by atoms with Gasteiger partial charge in [0.2, 0.25) is 0 Å². The number of rotatable bonds is 7. The van der Waals surface area contributed by atoms with Gasteiger partial charge in [-0.2, -0.15) is 13.2 Å². The van der Waals surface area contributed by atoms with Crippen LogP contribution in [0, 0.1) is 12.7 Å². The molecule has 16 heteroatoms. The number of nitrogens with zero attached hydrogens (tertiary/aromatic N) is 1. The second-order valence-corrected chi connectivity index (χ2v) is 10.6. The van der Waals surface area contributed by atoms with Gasteiger partial charge in [-0.1, -0.05) is 11.2 Å². The first-order chi connectivity index (χ1) is 18.0. The number of phosphoric ester groups is 1. The fraction of sp³-hybridized carbons (Fsp3) is 0.217. The normalized spacial score (nSPS) is 11.6. The van der Waals surface area contributed by atoms with Gasteiger partial charge in [0.15, 0.2) is 0 Å². The number of alkyl halides is 3. The van der Waals surface area contributed by atoms with E-state index in [0.717, 1.165) is 35.0 Å². The third-order valence-corrected chi connectivity index (χ3v) is 4.98. The van der Waals surface area contributed by atoms with E-state index in [1.807, 2.05) is 0 Å². The Kier molecular flexibility index (Phi) is 10.9. The first kappa shape index (κ1) is 32.0. The fourth-order valence-electron chi connectivity index (χ4n) is 2.84. The average Bonchev–Trinajstić information content (AvgIpc) is 2.78. The lowest BCUT2D eigenvalue weighted by atomic mass is 10.1. The topological polar surface area (TPSA) is 150 Å². The molecule has 3 N–H and O–H groups in total. The van der Waals surface area contributed by atoms with Gasteiger partial charge in [-0.3, -0.25) is 18.7 Å².